The van der Waals surface area contributed by atoms with Gasteiger partial charge in [-0.15, -0.1) is 0 Å². The molecule has 1 amide bonds. The van der Waals surface area contributed by atoms with Gasteiger partial charge in [-0.3, -0.25) is 4.79 Å². The van der Waals surface area contributed by atoms with Gasteiger partial charge in [0.2, 0.25) is 10.0 Å². The lowest BCUT2D eigenvalue weighted by Gasteiger charge is -2.19. The molecule has 0 unspecified atom stereocenters. The fourth-order valence-corrected chi connectivity index (χ4v) is 3.54. The van der Waals surface area contributed by atoms with Crippen LogP contribution >= 0.6 is 11.6 Å². The zero-order chi connectivity index (χ0) is 17.7. The SMILES string of the molecule is NS(=O)(=O)c1cc(C(=O)OCC(=O)N2CCCCCC2)ccc1Cl. The second-order valence-electron chi connectivity index (χ2n) is 5.56. The van der Waals surface area contributed by atoms with E-state index in [1.54, 1.807) is 4.90 Å². The minimum absolute atomic E-state index is 0.0351. The Balaban J connectivity index is 2.01. The number of hydrogen-bond acceptors (Lipinski definition) is 5. The van der Waals surface area contributed by atoms with Crippen molar-refractivity contribution < 1.29 is 22.7 Å². The van der Waals surface area contributed by atoms with Gasteiger partial charge in [-0.25, -0.2) is 18.4 Å². The van der Waals surface area contributed by atoms with Crippen LogP contribution in [0.5, 0.6) is 0 Å². The van der Waals surface area contributed by atoms with E-state index in [4.69, 9.17) is 21.5 Å². The van der Waals surface area contributed by atoms with Gasteiger partial charge in [0.1, 0.15) is 4.90 Å². The van der Waals surface area contributed by atoms with Crippen LogP contribution in [0.2, 0.25) is 5.02 Å². The summed E-state index contributed by atoms with van der Waals surface area (Å²) in [4.78, 5) is 25.4. The van der Waals surface area contributed by atoms with Crippen LogP contribution in [0.25, 0.3) is 0 Å². The number of carbonyl (C=O) groups is 2. The Morgan fingerprint density at radius 3 is 2.38 bits per heavy atom. The second-order valence-corrected chi connectivity index (χ2v) is 7.50. The molecule has 0 radical (unpaired) electrons. The molecule has 0 bridgehead atoms. The minimum atomic E-state index is -4.06. The van der Waals surface area contributed by atoms with Crippen molar-refractivity contribution in [2.45, 2.75) is 30.6 Å². The van der Waals surface area contributed by atoms with Crippen LogP contribution in [0.1, 0.15) is 36.0 Å². The zero-order valence-electron chi connectivity index (χ0n) is 13.0. The normalized spacial score (nSPS) is 15.7. The van der Waals surface area contributed by atoms with E-state index in [0.717, 1.165) is 31.7 Å². The molecule has 0 aromatic heterocycles. The van der Waals surface area contributed by atoms with Gasteiger partial charge in [-0.2, -0.15) is 0 Å². The summed E-state index contributed by atoms with van der Waals surface area (Å²) in [5.74, 6) is -1.06. The lowest BCUT2D eigenvalue weighted by Crippen LogP contribution is -2.35. The smallest absolute Gasteiger partial charge is 0.338 e. The first-order chi connectivity index (χ1) is 11.3. The van der Waals surface area contributed by atoms with E-state index in [1.165, 1.54) is 12.1 Å². The highest BCUT2D eigenvalue weighted by Crippen LogP contribution is 2.22. The fourth-order valence-electron chi connectivity index (χ4n) is 2.47. The third-order valence-electron chi connectivity index (χ3n) is 3.76. The van der Waals surface area contributed by atoms with Gasteiger partial charge in [-0.05, 0) is 31.0 Å². The number of rotatable bonds is 4. The van der Waals surface area contributed by atoms with Crippen molar-refractivity contribution in [3.8, 4) is 0 Å². The molecule has 0 spiro atoms. The lowest BCUT2D eigenvalue weighted by atomic mass is 10.2. The van der Waals surface area contributed by atoms with E-state index in [9.17, 15) is 18.0 Å². The fraction of sp³-hybridized carbons (Fsp3) is 0.467. The van der Waals surface area contributed by atoms with Crippen molar-refractivity contribution in [1.29, 1.82) is 0 Å². The van der Waals surface area contributed by atoms with Crippen LogP contribution in [0, 0.1) is 0 Å². The van der Waals surface area contributed by atoms with Gasteiger partial charge in [0.25, 0.3) is 5.91 Å². The van der Waals surface area contributed by atoms with Crippen molar-refractivity contribution >= 4 is 33.5 Å². The molecule has 0 saturated carbocycles. The van der Waals surface area contributed by atoms with Crippen molar-refractivity contribution in [2.75, 3.05) is 19.7 Å². The third-order valence-corrected chi connectivity index (χ3v) is 5.15. The monoisotopic (exact) mass is 374 g/mol. The molecule has 2 N–H and O–H groups in total. The summed E-state index contributed by atoms with van der Waals surface area (Å²) in [6.07, 6.45) is 4.05. The first kappa shape index (κ1) is 18.7. The highest BCUT2D eigenvalue weighted by molar-refractivity contribution is 7.89. The molecule has 24 heavy (non-hydrogen) atoms. The third kappa shape index (κ3) is 4.93. The molecular formula is C15H19ClN2O5S. The van der Waals surface area contributed by atoms with Gasteiger partial charge in [-0.1, -0.05) is 24.4 Å². The Labute approximate surface area is 145 Å². The Morgan fingerprint density at radius 2 is 1.79 bits per heavy atom. The number of hydrogen-bond donors (Lipinski definition) is 1. The topological polar surface area (TPSA) is 107 Å². The van der Waals surface area contributed by atoms with Gasteiger partial charge in [0.05, 0.1) is 10.6 Å². The quantitative estimate of drug-likeness (QED) is 0.804. The van der Waals surface area contributed by atoms with E-state index >= 15 is 0 Å². The molecule has 1 aromatic carbocycles. The number of halogens is 1. The molecule has 9 heteroatoms. The first-order valence-electron chi connectivity index (χ1n) is 7.56. The Bertz CT molecular complexity index is 727. The van der Waals surface area contributed by atoms with Crippen LogP contribution in [0.3, 0.4) is 0 Å². The molecule has 1 aromatic rings. The van der Waals surface area contributed by atoms with Crippen LogP contribution in [-0.4, -0.2) is 44.9 Å². The number of carbonyl (C=O) groups excluding carboxylic acids is 2. The van der Waals surface area contributed by atoms with Crippen molar-refractivity contribution in [3.05, 3.63) is 28.8 Å². The highest BCUT2D eigenvalue weighted by Gasteiger charge is 2.20. The lowest BCUT2D eigenvalue weighted by molar-refractivity contribution is -0.134. The number of primary sulfonamides is 1. The van der Waals surface area contributed by atoms with Gasteiger partial charge in [0.15, 0.2) is 6.61 Å². The largest absolute Gasteiger partial charge is 0.452 e. The molecule has 2 rings (SSSR count). The van der Waals surface area contributed by atoms with Crippen molar-refractivity contribution in [3.63, 3.8) is 0 Å². The Hall–Kier alpha value is -1.64. The van der Waals surface area contributed by atoms with Crippen LogP contribution < -0.4 is 5.14 Å². The van der Waals surface area contributed by atoms with Crippen LogP contribution in [0.4, 0.5) is 0 Å². The van der Waals surface area contributed by atoms with E-state index in [1.807, 2.05) is 0 Å². The molecule has 7 nitrogen and oxygen atoms in total. The van der Waals surface area contributed by atoms with Crippen LogP contribution in [0.15, 0.2) is 23.1 Å². The Kier molecular flexibility index (Phi) is 6.20. The average Bonchev–Trinajstić information content (AvgIpc) is 2.81. The predicted molar refractivity (Wildman–Crippen MR) is 88.2 cm³/mol. The summed E-state index contributed by atoms with van der Waals surface area (Å²) in [5, 5.41) is 4.95. The summed E-state index contributed by atoms with van der Waals surface area (Å²) in [6.45, 7) is 0.936. The molecule has 132 valence electrons. The zero-order valence-corrected chi connectivity index (χ0v) is 14.6. The summed E-state index contributed by atoms with van der Waals surface area (Å²) < 4.78 is 27.8. The van der Waals surface area contributed by atoms with E-state index in [0.29, 0.717) is 13.1 Å². The van der Waals surface area contributed by atoms with E-state index in [2.05, 4.69) is 0 Å². The summed E-state index contributed by atoms with van der Waals surface area (Å²) in [6, 6.07) is 3.60. The van der Waals surface area contributed by atoms with Gasteiger partial charge >= 0.3 is 5.97 Å². The van der Waals surface area contributed by atoms with Crippen LogP contribution in [-0.2, 0) is 19.6 Å². The summed E-state index contributed by atoms with van der Waals surface area (Å²) in [7, 11) is -4.06. The predicted octanol–water partition coefficient (Wildman–Crippen LogP) is 1.55. The standard InChI is InChI=1S/C15H19ClN2O5S/c16-12-6-5-11(9-13(12)24(17,21)22)15(20)23-10-14(19)18-7-3-1-2-4-8-18/h5-6,9H,1-4,7-8,10H2,(H2,17,21,22). The molecular weight excluding hydrogens is 356 g/mol. The molecule has 0 aliphatic carbocycles. The number of benzene rings is 1. The number of esters is 1. The summed E-state index contributed by atoms with van der Waals surface area (Å²) in [5.41, 5.74) is -0.0351. The highest BCUT2D eigenvalue weighted by atomic mass is 35.5. The maximum absolute atomic E-state index is 12.1. The van der Waals surface area contributed by atoms with Crippen molar-refractivity contribution in [2.24, 2.45) is 5.14 Å². The number of likely N-dealkylation sites (tertiary alicyclic amines) is 1. The molecule has 1 aliphatic rings. The average molecular weight is 375 g/mol. The van der Waals surface area contributed by atoms with Crippen molar-refractivity contribution in [1.82, 2.24) is 4.90 Å². The number of nitrogens with two attached hydrogens (primary N) is 1. The summed E-state index contributed by atoms with van der Waals surface area (Å²) >= 11 is 5.76. The van der Waals surface area contributed by atoms with E-state index < -0.39 is 16.0 Å². The maximum Gasteiger partial charge on any atom is 0.338 e. The number of sulfonamides is 1. The molecule has 1 saturated heterocycles. The number of amides is 1. The molecule has 1 aliphatic heterocycles. The number of nitrogens with zero attached hydrogens (tertiary/aromatic N) is 1. The molecule has 0 atom stereocenters. The second kappa shape index (κ2) is 7.96. The molecule has 1 fully saturated rings. The van der Waals surface area contributed by atoms with Gasteiger partial charge < -0.3 is 9.64 Å². The van der Waals surface area contributed by atoms with Gasteiger partial charge in [0, 0.05) is 13.1 Å². The minimum Gasteiger partial charge on any atom is -0.452 e. The molecule has 1 heterocycles. The number of ether oxygens (including phenoxy) is 1. The first-order valence-corrected chi connectivity index (χ1v) is 9.49. The maximum atomic E-state index is 12.1. The van der Waals surface area contributed by atoms with E-state index in [-0.39, 0.29) is 28.0 Å². The Morgan fingerprint density at radius 1 is 1.17 bits per heavy atom.